The van der Waals surface area contributed by atoms with Gasteiger partial charge in [-0.15, -0.1) is 5.73 Å². The Bertz CT molecular complexity index is 2620. The number of hydrogen-bond donors (Lipinski definition) is 0. The first-order chi connectivity index (χ1) is 26.8. The van der Waals surface area contributed by atoms with E-state index >= 15 is 0 Å². The number of hydrogen-bond acceptors (Lipinski definition) is 4. The van der Waals surface area contributed by atoms with Crippen molar-refractivity contribution in [3.8, 4) is 78.7 Å². The predicted molar refractivity (Wildman–Crippen MR) is 221 cm³/mol. The quantitative estimate of drug-likeness (QED) is 0.149. The van der Waals surface area contributed by atoms with Gasteiger partial charge in [0.2, 0.25) is 0 Å². The molecular formula is C50H34N4. The first-order valence-corrected chi connectivity index (χ1v) is 18.1. The van der Waals surface area contributed by atoms with E-state index in [1.807, 2.05) is 54.7 Å². The summed E-state index contributed by atoms with van der Waals surface area (Å²) < 4.78 is 0. The minimum Gasteiger partial charge on any atom is -0.264 e. The first-order valence-electron chi connectivity index (χ1n) is 18.1. The molecule has 54 heavy (non-hydrogen) atoms. The van der Waals surface area contributed by atoms with Gasteiger partial charge in [-0.1, -0.05) is 152 Å². The number of rotatable bonds is 8. The van der Waals surface area contributed by atoms with Gasteiger partial charge >= 0.3 is 0 Å². The molecule has 6 aromatic carbocycles. The Morgan fingerprint density at radius 2 is 0.926 bits per heavy atom. The second-order valence-electron chi connectivity index (χ2n) is 13.2. The Labute approximate surface area is 315 Å². The lowest BCUT2D eigenvalue weighted by molar-refractivity contribution is 1.07. The monoisotopic (exact) mass is 690 g/mol. The van der Waals surface area contributed by atoms with E-state index in [0.717, 1.165) is 73.2 Å². The van der Waals surface area contributed by atoms with E-state index in [9.17, 15) is 0 Å². The maximum absolute atomic E-state index is 5.07. The normalized spacial score (nSPS) is 12.0. The fraction of sp³-hybridized carbons (Fsp3) is 0.0200. The third-order valence-corrected chi connectivity index (χ3v) is 9.63. The van der Waals surface area contributed by atoms with Gasteiger partial charge in [0.05, 0.1) is 0 Å². The molecule has 0 fully saturated rings. The largest absolute Gasteiger partial charge is 0.264 e. The van der Waals surface area contributed by atoms with E-state index in [1.165, 1.54) is 5.56 Å². The van der Waals surface area contributed by atoms with Crippen LogP contribution in [0.2, 0.25) is 0 Å². The zero-order valence-electron chi connectivity index (χ0n) is 29.5. The second kappa shape index (κ2) is 14.8. The van der Waals surface area contributed by atoms with Crippen molar-refractivity contribution in [2.75, 3.05) is 0 Å². The molecule has 0 saturated carbocycles. The molecule has 0 aliphatic heterocycles. The molecule has 1 aliphatic carbocycles. The van der Waals surface area contributed by atoms with Gasteiger partial charge in [0.25, 0.3) is 0 Å². The molecule has 4 nitrogen and oxygen atoms in total. The highest BCUT2D eigenvalue weighted by molar-refractivity contribution is 5.97. The van der Waals surface area contributed by atoms with E-state index in [0.29, 0.717) is 17.5 Å². The molecule has 2 heterocycles. The van der Waals surface area contributed by atoms with Gasteiger partial charge in [-0.05, 0) is 81.3 Å². The molecule has 0 spiro atoms. The summed E-state index contributed by atoms with van der Waals surface area (Å²) in [5.41, 5.74) is 17.5. The van der Waals surface area contributed by atoms with Crippen molar-refractivity contribution in [3.63, 3.8) is 0 Å². The molecule has 2 aromatic heterocycles. The van der Waals surface area contributed by atoms with E-state index in [4.69, 9.17) is 15.0 Å². The highest BCUT2D eigenvalue weighted by Gasteiger charge is 2.19. The molecule has 0 N–H and O–H groups in total. The summed E-state index contributed by atoms with van der Waals surface area (Å²) in [6.07, 6.45) is 11.0. The van der Waals surface area contributed by atoms with Crippen LogP contribution in [0.3, 0.4) is 0 Å². The summed E-state index contributed by atoms with van der Waals surface area (Å²) in [5.74, 6) is 1.85. The minimum absolute atomic E-state index is 0.613. The Morgan fingerprint density at radius 1 is 0.407 bits per heavy atom. The molecule has 8 aromatic rings. The minimum atomic E-state index is 0.613. The van der Waals surface area contributed by atoms with Crippen molar-refractivity contribution >= 4 is 5.57 Å². The summed E-state index contributed by atoms with van der Waals surface area (Å²) in [6.45, 7) is 0. The highest BCUT2D eigenvalue weighted by atomic mass is 15.0. The van der Waals surface area contributed by atoms with Gasteiger partial charge in [0.15, 0.2) is 17.5 Å². The molecule has 1 aliphatic rings. The number of pyridine rings is 1. The zero-order chi connectivity index (χ0) is 36.1. The number of nitrogens with zero attached hydrogens (tertiary/aromatic N) is 4. The maximum atomic E-state index is 5.07. The summed E-state index contributed by atoms with van der Waals surface area (Å²) >= 11 is 0. The van der Waals surface area contributed by atoms with Crippen LogP contribution in [0, 0.1) is 0 Å². The van der Waals surface area contributed by atoms with Gasteiger partial charge in [-0.25, -0.2) is 15.0 Å². The van der Waals surface area contributed by atoms with Crippen molar-refractivity contribution in [1.29, 1.82) is 0 Å². The van der Waals surface area contributed by atoms with Crippen LogP contribution < -0.4 is 0 Å². The molecule has 4 heteroatoms. The molecule has 0 unspecified atom stereocenters. The first kappa shape index (κ1) is 32.6. The summed E-state index contributed by atoms with van der Waals surface area (Å²) in [4.78, 5) is 19.4. The van der Waals surface area contributed by atoms with Gasteiger partial charge in [0, 0.05) is 40.2 Å². The third kappa shape index (κ3) is 6.73. The van der Waals surface area contributed by atoms with Crippen LogP contribution in [0.4, 0.5) is 0 Å². The van der Waals surface area contributed by atoms with Crippen molar-refractivity contribution in [2.45, 2.75) is 6.42 Å². The molecule has 0 saturated heterocycles. The van der Waals surface area contributed by atoms with Crippen molar-refractivity contribution in [1.82, 2.24) is 19.9 Å². The van der Waals surface area contributed by atoms with Crippen LogP contribution >= 0.6 is 0 Å². The SMILES string of the molecule is C1=CCC=CC=1c1cc(-c2ccccc2)c(-c2ccc(-c3nc(-c4ccccc4)nc(-c4cccc(-c5cccnc5)c4)n3)cc2)c(-c2ccccc2)c1. The van der Waals surface area contributed by atoms with Gasteiger partial charge < -0.3 is 0 Å². The van der Waals surface area contributed by atoms with Crippen LogP contribution in [0.25, 0.3) is 84.2 Å². The smallest absolute Gasteiger partial charge is 0.164 e. The van der Waals surface area contributed by atoms with Crippen molar-refractivity contribution in [2.24, 2.45) is 0 Å². The molecule has 0 amide bonds. The van der Waals surface area contributed by atoms with Crippen LogP contribution in [-0.4, -0.2) is 19.9 Å². The second-order valence-corrected chi connectivity index (χ2v) is 13.2. The molecule has 9 rings (SSSR count). The zero-order valence-corrected chi connectivity index (χ0v) is 29.5. The average molecular weight is 691 g/mol. The van der Waals surface area contributed by atoms with E-state index < -0.39 is 0 Å². The summed E-state index contributed by atoms with van der Waals surface area (Å²) in [6, 6.07) is 56.9. The number of allylic oxidation sites excluding steroid dienone is 3. The maximum Gasteiger partial charge on any atom is 0.164 e. The Kier molecular flexibility index (Phi) is 8.92. The average Bonchev–Trinajstić information content (AvgIpc) is 3.27. The van der Waals surface area contributed by atoms with Crippen molar-refractivity contribution < 1.29 is 0 Å². The lowest BCUT2D eigenvalue weighted by atomic mass is 9.84. The van der Waals surface area contributed by atoms with Crippen LogP contribution in [0.15, 0.2) is 200 Å². The van der Waals surface area contributed by atoms with Crippen molar-refractivity contribution in [3.05, 3.63) is 206 Å². The van der Waals surface area contributed by atoms with E-state index in [-0.39, 0.29) is 0 Å². The molecular weight excluding hydrogens is 657 g/mol. The lowest BCUT2D eigenvalue weighted by Crippen LogP contribution is -2.00. The van der Waals surface area contributed by atoms with Gasteiger partial charge in [-0.3, -0.25) is 4.98 Å². The fourth-order valence-corrected chi connectivity index (χ4v) is 6.96. The predicted octanol–water partition coefficient (Wildman–Crippen LogP) is 12.4. The van der Waals surface area contributed by atoms with Gasteiger partial charge in [-0.2, -0.15) is 0 Å². The fourth-order valence-electron chi connectivity index (χ4n) is 6.96. The van der Waals surface area contributed by atoms with Crippen LogP contribution in [-0.2, 0) is 0 Å². The van der Waals surface area contributed by atoms with E-state index in [2.05, 4.69) is 144 Å². The Balaban J connectivity index is 1.19. The van der Waals surface area contributed by atoms with E-state index in [1.54, 1.807) is 6.20 Å². The van der Waals surface area contributed by atoms with Crippen LogP contribution in [0.1, 0.15) is 12.0 Å². The molecule has 254 valence electrons. The summed E-state index contributed by atoms with van der Waals surface area (Å²) in [5, 5.41) is 0. The Hall–Kier alpha value is -7.26. The Morgan fingerprint density at radius 3 is 1.50 bits per heavy atom. The number of aromatic nitrogens is 4. The molecule has 0 atom stereocenters. The van der Waals surface area contributed by atoms with Crippen LogP contribution in [0.5, 0.6) is 0 Å². The molecule has 0 radical (unpaired) electrons. The highest BCUT2D eigenvalue weighted by Crippen LogP contribution is 2.43. The topological polar surface area (TPSA) is 51.6 Å². The molecule has 0 bridgehead atoms. The summed E-state index contributed by atoms with van der Waals surface area (Å²) in [7, 11) is 0. The van der Waals surface area contributed by atoms with Gasteiger partial charge in [0.1, 0.15) is 0 Å². The standard InChI is InChI=1S/C50H34N4/c1-5-15-35(16-6-1)44-32-45(36-17-7-2-8-18-36)47(46(33-44)37-19-9-3-10-20-37)38-26-28-40(29-27-38)49-52-48(39-21-11-4-12-22-39)53-50(54-49)42-24-13-23-41(31-42)43-25-14-30-51-34-43/h2-15,17-34H,1H2. The third-order valence-electron chi connectivity index (χ3n) is 9.63. The number of benzene rings is 6. The lowest BCUT2D eigenvalue weighted by Gasteiger charge is -2.19.